The van der Waals surface area contributed by atoms with E-state index in [1.807, 2.05) is 4.90 Å². The Morgan fingerprint density at radius 2 is 2.12 bits per heavy atom. The van der Waals surface area contributed by atoms with Gasteiger partial charge in [-0.1, -0.05) is 11.6 Å². The minimum atomic E-state index is -0.935. The predicted molar refractivity (Wildman–Crippen MR) is 127 cm³/mol. The molecule has 2 amide bonds. The van der Waals surface area contributed by atoms with Crippen LogP contribution in [0.5, 0.6) is 0 Å². The van der Waals surface area contributed by atoms with Gasteiger partial charge in [-0.25, -0.2) is 0 Å². The summed E-state index contributed by atoms with van der Waals surface area (Å²) >= 11 is 11.2. The van der Waals surface area contributed by atoms with Gasteiger partial charge < -0.3 is 20.3 Å². The summed E-state index contributed by atoms with van der Waals surface area (Å²) < 4.78 is 6.22. The molecule has 2 fully saturated rings. The van der Waals surface area contributed by atoms with Gasteiger partial charge in [0.2, 0.25) is 12.1 Å². The fourth-order valence-electron chi connectivity index (χ4n) is 3.64. The van der Waals surface area contributed by atoms with Crippen LogP contribution in [-0.4, -0.2) is 42.9 Å². The van der Waals surface area contributed by atoms with E-state index in [0.29, 0.717) is 53.1 Å². The molecule has 0 radical (unpaired) electrons. The van der Waals surface area contributed by atoms with Crippen molar-refractivity contribution in [2.24, 2.45) is 4.99 Å². The Morgan fingerprint density at radius 1 is 1.31 bits per heavy atom. The van der Waals surface area contributed by atoms with Crippen LogP contribution in [0.25, 0.3) is 0 Å². The standard InChI is InChI=1S/C21H19BrClN5O3S/c22-17-5-4-16(32-17)19(29)27-21(6-1-7-21)20(30)26-13-2-3-15(14(23)10-13)28-8-9-31-11-18(28)25-12-24/h2-5,10H,1,6-9,11H2,(H,26,30)(H,27,29). The molecule has 8 nitrogen and oxygen atoms in total. The zero-order chi connectivity index (χ0) is 22.7. The zero-order valence-electron chi connectivity index (χ0n) is 16.9. The summed E-state index contributed by atoms with van der Waals surface area (Å²) in [6, 6.07) is 8.69. The highest BCUT2D eigenvalue weighted by Gasteiger charge is 2.45. The number of ether oxygens (including phenoxy) is 1. The molecule has 0 spiro atoms. The van der Waals surface area contributed by atoms with Gasteiger partial charge in [-0.05, 0) is 65.5 Å². The molecular formula is C21H19BrClN5O3S. The van der Waals surface area contributed by atoms with Crippen molar-refractivity contribution in [2.45, 2.75) is 24.8 Å². The van der Waals surface area contributed by atoms with Crippen molar-refractivity contribution < 1.29 is 14.3 Å². The molecule has 0 unspecified atom stereocenters. The summed E-state index contributed by atoms with van der Waals surface area (Å²) in [6.07, 6.45) is 3.79. The van der Waals surface area contributed by atoms with E-state index < -0.39 is 5.54 Å². The van der Waals surface area contributed by atoms with Gasteiger partial charge in [0.1, 0.15) is 18.0 Å². The molecule has 1 aromatic heterocycles. The predicted octanol–water partition coefficient (Wildman–Crippen LogP) is 4.17. The number of amides is 2. The van der Waals surface area contributed by atoms with E-state index in [0.717, 1.165) is 10.2 Å². The Kier molecular flexibility index (Phi) is 6.81. The van der Waals surface area contributed by atoms with Gasteiger partial charge in [-0.3, -0.25) is 9.59 Å². The monoisotopic (exact) mass is 535 g/mol. The summed E-state index contributed by atoms with van der Waals surface area (Å²) in [5.74, 6) is -0.0519. The number of hydrogen-bond donors (Lipinski definition) is 2. The number of rotatable bonds is 5. The average Bonchev–Trinajstić information content (AvgIpc) is 3.18. The first-order valence-electron chi connectivity index (χ1n) is 9.92. The van der Waals surface area contributed by atoms with E-state index in [2.05, 4.69) is 31.6 Å². The first-order valence-corrected chi connectivity index (χ1v) is 11.9. The second-order valence-corrected chi connectivity index (χ2v) is 10.3. The molecule has 32 heavy (non-hydrogen) atoms. The molecule has 1 aromatic carbocycles. The van der Waals surface area contributed by atoms with Crippen molar-refractivity contribution in [1.82, 2.24) is 5.32 Å². The van der Waals surface area contributed by atoms with Crippen molar-refractivity contribution >= 4 is 67.9 Å². The Morgan fingerprint density at radius 3 is 2.75 bits per heavy atom. The fraction of sp³-hybridized carbons (Fsp3) is 0.333. The molecule has 2 aromatic rings. The van der Waals surface area contributed by atoms with Crippen LogP contribution in [0.4, 0.5) is 11.4 Å². The summed E-state index contributed by atoms with van der Waals surface area (Å²) in [6.45, 7) is 1.23. The van der Waals surface area contributed by atoms with E-state index in [1.54, 1.807) is 36.5 Å². The summed E-state index contributed by atoms with van der Waals surface area (Å²) in [7, 11) is 0. The van der Waals surface area contributed by atoms with Crippen LogP contribution >= 0.6 is 38.9 Å². The summed E-state index contributed by atoms with van der Waals surface area (Å²) in [5, 5.41) is 15.1. The highest BCUT2D eigenvalue weighted by atomic mass is 79.9. The second-order valence-electron chi connectivity index (χ2n) is 7.45. The van der Waals surface area contributed by atoms with Crippen LogP contribution in [-0.2, 0) is 9.53 Å². The number of carbonyl (C=O) groups excluding carboxylic acids is 2. The number of nitrogens with zero attached hydrogens (tertiary/aromatic N) is 3. The van der Waals surface area contributed by atoms with Gasteiger partial charge in [-0.2, -0.15) is 10.3 Å². The van der Waals surface area contributed by atoms with E-state index in [4.69, 9.17) is 21.6 Å². The average molecular weight is 537 g/mol. The zero-order valence-corrected chi connectivity index (χ0v) is 20.0. The molecule has 2 heterocycles. The molecule has 1 saturated heterocycles. The van der Waals surface area contributed by atoms with Gasteiger partial charge in [0.05, 0.1) is 26.0 Å². The lowest BCUT2D eigenvalue weighted by Crippen LogP contribution is -2.61. The quantitative estimate of drug-likeness (QED) is 0.558. The highest BCUT2D eigenvalue weighted by molar-refractivity contribution is 9.11. The molecule has 0 atom stereocenters. The van der Waals surface area contributed by atoms with E-state index in [9.17, 15) is 9.59 Å². The third-order valence-electron chi connectivity index (χ3n) is 5.47. The molecule has 11 heteroatoms. The van der Waals surface area contributed by atoms with Crippen molar-refractivity contribution in [2.75, 3.05) is 30.0 Å². The minimum absolute atomic E-state index is 0.228. The molecule has 2 N–H and O–H groups in total. The molecule has 1 aliphatic heterocycles. The topological polar surface area (TPSA) is 107 Å². The van der Waals surface area contributed by atoms with Crippen LogP contribution in [0.2, 0.25) is 5.02 Å². The van der Waals surface area contributed by atoms with Gasteiger partial charge in [0.15, 0.2) is 0 Å². The lowest BCUT2D eigenvalue weighted by Gasteiger charge is -2.40. The highest BCUT2D eigenvalue weighted by Crippen LogP contribution is 2.35. The van der Waals surface area contributed by atoms with Crippen molar-refractivity contribution in [1.29, 1.82) is 5.26 Å². The number of morpholine rings is 1. The lowest BCUT2D eigenvalue weighted by molar-refractivity contribution is -0.125. The number of thiophene rings is 1. The van der Waals surface area contributed by atoms with Gasteiger partial charge in [0.25, 0.3) is 5.91 Å². The maximum Gasteiger partial charge on any atom is 0.262 e. The summed E-state index contributed by atoms with van der Waals surface area (Å²) in [4.78, 5) is 31.9. The molecule has 4 rings (SSSR count). The number of nitriles is 1. The Bertz CT molecular complexity index is 1120. The number of carbonyl (C=O) groups is 2. The Hall–Kier alpha value is -2.45. The van der Waals surface area contributed by atoms with Gasteiger partial charge in [-0.15, -0.1) is 11.3 Å². The third-order valence-corrected chi connectivity index (χ3v) is 7.39. The fourth-order valence-corrected chi connectivity index (χ4v) is 5.21. The number of aliphatic imine (C=N–C) groups is 1. The minimum Gasteiger partial charge on any atom is -0.372 e. The SMILES string of the molecule is N#CN=C1COCCN1c1ccc(NC(=O)C2(NC(=O)c3ccc(Br)s3)CCC2)cc1Cl. The van der Waals surface area contributed by atoms with Gasteiger partial charge in [0, 0.05) is 12.2 Å². The van der Waals surface area contributed by atoms with E-state index in [1.165, 1.54) is 11.3 Å². The Labute approximate surface area is 202 Å². The van der Waals surface area contributed by atoms with Crippen LogP contribution in [0.3, 0.4) is 0 Å². The number of hydrogen-bond acceptors (Lipinski definition) is 6. The first kappa shape index (κ1) is 22.7. The smallest absolute Gasteiger partial charge is 0.262 e. The lowest BCUT2D eigenvalue weighted by atomic mass is 9.75. The summed E-state index contributed by atoms with van der Waals surface area (Å²) in [5.41, 5.74) is 0.266. The molecule has 1 saturated carbocycles. The van der Waals surface area contributed by atoms with E-state index in [-0.39, 0.29) is 18.4 Å². The van der Waals surface area contributed by atoms with Crippen LogP contribution in [0, 0.1) is 11.5 Å². The maximum absolute atomic E-state index is 13.1. The van der Waals surface area contributed by atoms with Crippen LogP contribution < -0.4 is 15.5 Å². The van der Waals surface area contributed by atoms with Crippen molar-refractivity contribution in [3.05, 3.63) is 44.0 Å². The molecule has 1 aliphatic carbocycles. The first-order chi connectivity index (χ1) is 15.4. The molecule has 2 aliphatic rings. The number of amidine groups is 1. The molecular weight excluding hydrogens is 518 g/mol. The number of anilines is 2. The van der Waals surface area contributed by atoms with Crippen molar-refractivity contribution in [3.63, 3.8) is 0 Å². The second kappa shape index (κ2) is 9.58. The number of nitrogens with one attached hydrogen (secondary N) is 2. The Balaban J connectivity index is 1.48. The van der Waals surface area contributed by atoms with Gasteiger partial charge >= 0.3 is 0 Å². The normalized spacial score (nSPS) is 18.5. The largest absolute Gasteiger partial charge is 0.372 e. The number of benzene rings is 1. The van der Waals surface area contributed by atoms with E-state index >= 15 is 0 Å². The molecule has 166 valence electrons. The third kappa shape index (κ3) is 4.66. The maximum atomic E-state index is 13.1. The van der Waals surface area contributed by atoms with Crippen molar-refractivity contribution in [3.8, 4) is 6.19 Å². The molecule has 0 bridgehead atoms. The number of halogens is 2. The van der Waals surface area contributed by atoms with Crippen LogP contribution in [0.15, 0.2) is 39.1 Å². The van der Waals surface area contributed by atoms with Crippen LogP contribution in [0.1, 0.15) is 28.9 Å².